The minimum absolute atomic E-state index is 0.141. The number of carbonyl (C=O) groups excluding carboxylic acids is 1. The predicted molar refractivity (Wildman–Crippen MR) is 85.8 cm³/mol. The number of methoxy groups -OCH3 is 1. The first-order valence-corrected chi connectivity index (χ1v) is 8.90. The molecular weight excluding hydrogens is 376 g/mol. The summed E-state index contributed by atoms with van der Waals surface area (Å²) in [6.07, 6.45) is 9.62. The highest BCUT2D eigenvalue weighted by Gasteiger charge is 2.19. The Morgan fingerprint density at radius 1 is 1.05 bits per heavy atom. The molecule has 114 valence electrons. The Labute approximate surface area is 133 Å². The van der Waals surface area contributed by atoms with Crippen LogP contribution in [0.5, 0.6) is 0 Å². The van der Waals surface area contributed by atoms with E-state index in [0.29, 0.717) is 18.9 Å². The third-order valence-electron chi connectivity index (χ3n) is 3.25. The fourth-order valence-corrected chi connectivity index (χ4v) is 2.92. The molecule has 1 N–H and O–H groups in total. The number of halogens is 2. The molecular formula is C14H26Br2O3. The number of aliphatic hydroxyl groups excluding tert-OH is 1. The molecule has 0 fully saturated rings. The van der Waals surface area contributed by atoms with Gasteiger partial charge in [-0.05, 0) is 18.8 Å². The Bertz CT molecular complexity index is 223. The van der Waals surface area contributed by atoms with Crippen molar-refractivity contribution in [1.29, 1.82) is 0 Å². The molecule has 19 heavy (non-hydrogen) atoms. The second-order valence-electron chi connectivity index (χ2n) is 4.86. The summed E-state index contributed by atoms with van der Waals surface area (Å²) in [7, 11) is 1.43. The predicted octanol–water partition coefficient (Wildman–Crippen LogP) is 4.39. The number of carbonyl (C=O) groups is 1. The zero-order valence-corrected chi connectivity index (χ0v) is 14.9. The first kappa shape index (κ1) is 19.4. The average Bonchev–Trinajstić information content (AvgIpc) is 2.39. The second-order valence-corrected chi connectivity index (χ2v) is 8.06. The molecule has 0 saturated carbocycles. The molecule has 0 amide bonds. The maximum atomic E-state index is 11.3. The van der Waals surface area contributed by atoms with Gasteiger partial charge in [-0.3, -0.25) is 4.79 Å². The Morgan fingerprint density at radius 3 is 2.05 bits per heavy atom. The lowest BCUT2D eigenvalue weighted by molar-refractivity contribution is -0.141. The van der Waals surface area contributed by atoms with Gasteiger partial charge in [0.25, 0.3) is 0 Å². The van der Waals surface area contributed by atoms with Crippen molar-refractivity contribution in [3.63, 3.8) is 0 Å². The fourth-order valence-electron chi connectivity index (χ4n) is 2.02. The largest absolute Gasteiger partial charge is 0.469 e. The van der Waals surface area contributed by atoms with E-state index in [1.165, 1.54) is 32.8 Å². The van der Waals surface area contributed by atoms with Gasteiger partial charge in [0.15, 0.2) is 0 Å². The van der Waals surface area contributed by atoms with Crippen LogP contribution in [0.1, 0.15) is 57.8 Å². The quantitative estimate of drug-likeness (QED) is 0.299. The van der Waals surface area contributed by atoms with Gasteiger partial charge >= 0.3 is 5.97 Å². The van der Waals surface area contributed by atoms with Crippen LogP contribution in [0, 0.1) is 5.92 Å². The van der Waals surface area contributed by atoms with E-state index in [4.69, 9.17) is 9.84 Å². The number of rotatable bonds is 12. The first-order chi connectivity index (χ1) is 9.11. The molecule has 0 radical (unpaired) electrons. The monoisotopic (exact) mass is 400 g/mol. The van der Waals surface area contributed by atoms with Crippen LogP contribution in [0.4, 0.5) is 0 Å². The van der Waals surface area contributed by atoms with Crippen molar-refractivity contribution in [1.82, 2.24) is 0 Å². The van der Waals surface area contributed by atoms with E-state index in [2.05, 4.69) is 31.9 Å². The van der Waals surface area contributed by atoms with Crippen molar-refractivity contribution >= 4 is 37.8 Å². The smallest absolute Gasteiger partial charge is 0.305 e. The third kappa shape index (κ3) is 11.9. The summed E-state index contributed by atoms with van der Waals surface area (Å²) in [5.41, 5.74) is 0. The molecule has 0 aromatic rings. The van der Waals surface area contributed by atoms with Crippen molar-refractivity contribution in [3.05, 3.63) is 0 Å². The van der Waals surface area contributed by atoms with Crippen LogP contribution in [0.2, 0.25) is 0 Å². The molecule has 1 unspecified atom stereocenters. The summed E-state index contributed by atoms with van der Waals surface area (Å²) in [4.78, 5) is 11.3. The molecule has 0 aliphatic carbocycles. The Morgan fingerprint density at radius 2 is 1.58 bits per heavy atom. The molecule has 0 rings (SSSR count). The molecule has 0 heterocycles. The summed E-state index contributed by atoms with van der Waals surface area (Å²) in [5, 5.41) is 8.67. The molecule has 0 bridgehead atoms. The minimum Gasteiger partial charge on any atom is -0.469 e. The van der Waals surface area contributed by atoms with Gasteiger partial charge in [-0.15, -0.1) is 0 Å². The SMILES string of the molecule is COC(=O)CC(CCCCCCCCCO)C(Br)Br. The van der Waals surface area contributed by atoms with Crippen LogP contribution in [0.15, 0.2) is 0 Å². The van der Waals surface area contributed by atoms with Crippen molar-refractivity contribution in [2.75, 3.05) is 13.7 Å². The third-order valence-corrected chi connectivity index (χ3v) is 4.74. The van der Waals surface area contributed by atoms with E-state index >= 15 is 0 Å². The lowest BCUT2D eigenvalue weighted by Crippen LogP contribution is -2.15. The van der Waals surface area contributed by atoms with Crippen LogP contribution < -0.4 is 0 Å². The second kappa shape index (κ2) is 13.4. The lowest BCUT2D eigenvalue weighted by atomic mass is 9.99. The van der Waals surface area contributed by atoms with Gasteiger partial charge in [-0.25, -0.2) is 0 Å². The molecule has 1 atom stereocenters. The molecule has 0 aliphatic heterocycles. The number of esters is 1. The summed E-state index contributed by atoms with van der Waals surface area (Å²) in [6, 6.07) is 0. The maximum Gasteiger partial charge on any atom is 0.305 e. The molecule has 0 aromatic carbocycles. The van der Waals surface area contributed by atoms with Gasteiger partial charge in [-0.1, -0.05) is 70.4 Å². The van der Waals surface area contributed by atoms with Crippen molar-refractivity contribution in [3.8, 4) is 0 Å². The van der Waals surface area contributed by atoms with Gasteiger partial charge < -0.3 is 9.84 Å². The highest BCUT2D eigenvalue weighted by Crippen LogP contribution is 2.28. The number of aliphatic hydroxyl groups is 1. The number of alkyl halides is 2. The van der Waals surface area contributed by atoms with Crippen molar-refractivity contribution < 1.29 is 14.6 Å². The topological polar surface area (TPSA) is 46.5 Å². The minimum atomic E-state index is -0.141. The van der Waals surface area contributed by atoms with E-state index in [0.717, 1.165) is 25.7 Å². The van der Waals surface area contributed by atoms with Gasteiger partial charge in [0.2, 0.25) is 0 Å². The van der Waals surface area contributed by atoms with E-state index in [9.17, 15) is 4.79 Å². The highest BCUT2D eigenvalue weighted by molar-refractivity contribution is 9.24. The number of hydrogen-bond donors (Lipinski definition) is 1. The van der Waals surface area contributed by atoms with Crippen LogP contribution in [0.3, 0.4) is 0 Å². The Kier molecular flexibility index (Phi) is 13.7. The lowest BCUT2D eigenvalue weighted by Gasteiger charge is -2.16. The summed E-state index contributed by atoms with van der Waals surface area (Å²) < 4.78 is 4.88. The molecule has 5 heteroatoms. The van der Waals surface area contributed by atoms with Gasteiger partial charge in [0.1, 0.15) is 0 Å². The van der Waals surface area contributed by atoms with Crippen LogP contribution >= 0.6 is 31.9 Å². The number of unbranched alkanes of at least 4 members (excludes halogenated alkanes) is 6. The average molecular weight is 402 g/mol. The Balaban J connectivity index is 3.56. The summed E-state index contributed by atoms with van der Waals surface area (Å²) in [6.45, 7) is 0.313. The molecule has 3 nitrogen and oxygen atoms in total. The van der Waals surface area contributed by atoms with Gasteiger partial charge in [0, 0.05) is 6.61 Å². The fraction of sp³-hybridized carbons (Fsp3) is 0.929. The van der Waals surface area contributed by atoms with E-state index in [-0.39, 0.29) is 9.71 Å². The normalized spacial score (nSPS) is 12.7. The van der Waals surface area contributed by atoms with Crippen LogP contribution in [-0.2, 0) is 9.53 Å². The van der Waals surface area contributed by atoms with E-state index in [1.807, 2.05) is 0 Å². The van der Waals surface area contributed by atoms with Crippen LogP contribution in [-0.4, -0.2) is 28.5 Å². The molecule has 0 aliphatic rings. The molecule has 0 spiro atoms. The van der Waals surface area contributed by atoms with E-state index < -0.39 is 0 Å². The summed E-state index contributed by atoms with van der Waals surface area (Å²) >= 11 is 6.99. The maximum absolute atomic E-state index is 11.3. The summed E-state index contributed by atoms with van der Waals surface area (Å²) in [5.74, 6) is 0.153. The van der Waals surface area contributed by atoms with E-state index in [1.54, 1.807) is 0 Å². The molecule has 0 aromatic heterocycles. The first-order valence-electron chi connectivity index (χ1n) is 7.07. The van der Waals surface area contributed by atoms with Gasteiger partial charge in [0.05, 0.1) is 17.3 Å². The zero-order chi connectivity index (χ0) is 14.5. The zero-order valence-electron chi connectivity index (χ0n) is 11.7. The number of ether oxygens (including phenoxy) is 1. The van der Waals surface area contributed by atoms with Gasteiger partial charge in [-0.2, -0.15) is 0 Å². The number of hydrogen-bond acceptors (Lipinski definition) is 3. The standard InChI is InChI=1S/C14H26Br2O3/c1-19-13(18)11-12(14(15)16)9-7-5-3-2-4-6-8-10-17/h12,14,17H,2-11H2,1H3. The highest BCUT2D eigenvalue weighted by atomic mass is 79.9. The molecule has 0 saturated heterocycles. The van der Waals surface area contributed by atoms with Crippen LogP contribution in [0.25, 0.3) is 0 Å². The van der Waals surface area contributed by atoms with Crippen molar-refractivity contribution in [2.45, 2.75) is 61.5 Å². The van der Waals surface area contributed by atoms with Crippen molar-refractivity contribution in [2.24, 2.45) is 5.92 Å². The Hall–Kier alpha value is 0.390.